The van der Waals surface area contributed by atoms with Crippen molar-refractivity contribution in [1.82, 2.24) is 0 Å². The van der Waals surface area contributed by atoms with Gasteiger partial charge in [0.15, 0.2) is 0 Å². The van der Waals surface area contributed by atoms with Crippen LogP contribution in [0.4, 0.5) is 0 Å². The van der Waals surface area contributed by atoms with Crippen molar-refractivity contribution in [3.05, 3.63) is 58.0 Å². The summed E-state index contributed by atoms with van der Waals surface area (Å²) in [6.07, 6.45) is 12.0. The quantitative estimate of drug-likeness (QED) is 0.294. The van der Waals surface area contributed by atoms with Gasteiger partial charge in [0.2, 0.25) is 5.91 Å². The zero-order chi connectivity index (χ0) is 15.8. The molecule has 0 aromatic heterocycles. The van der Waals surface area contributed by atoms with Crippen LogP contribution in [0.2, 0.25) is 0 Å². The summed E-state index contributed by atoms with van der Waals surface area (Å²) in [6.45, 7) is 2.21. The van der Waals surface area contributed by atoms with Crippen LogP contribution in [0.1, 0.15) is 67.3 Å². The molecule has 22 heavy (non-hydrogen) atoms. The van der Waals surface area contributed by atoms with Gasteiger partial charge in [0.25, 0.3) is 0 Å². The Balaban J connectivity index is 1.91. The molecule has 4 heteroatoms. The number of azide groups is 1. The topological polar surface area (TPSA) is 65.8 Å². The second-order valence-corrected chi connectivity index (χ2v) is 5.95. The highest BCUT2D eigenvalue weighted by atomic mass is 16.1. The lowest BCUT2D eigenvalue weighted by Crippen LogP contribution is -2.11. The van der Waals surface area contributed by atoms with Gasteiger partial charge < -0.3 is 0 Å². The first-order chi connectivity index (χ1) is 10.7. The summed E-state index contributed by atoms with van der Waals surface area (Å²) in [5, 5.41) is 3.12. The number of carbonyl (C=O) groups is 1. The number of hydrogen-bond acceptors (Lipinski definition) is 1. The molecule has 1 amide bonds. The molecule has 0 unspecified atom stereocenters. The van der Waals surface area contributed by atoms with Gasteiger partial charge in [-0.25, -0.2) is 0 Å². The summed E-state index contributed by atoms with van der Waals surface area (Å²) < 4.78 is 0. The van der Waals surface area contributed by atoms with Gasteiger partial charge in [-0.1, -0.05) is 49.8 Å². The standard InChI is InChI=1S/C18H23N3O/c1-2-3-4-5-14-6-8-15(9-7-14)16-10-12-17(13-11-16)18(22)20-21-19/h4-5,10-15H,2-3,6-9H2,1H3. The number of allylic oxidation sites excluding steroid dienone is 2. The van der Waals surface area contributed by atoms with Crippen molar-refractivity contribution in [3.63, 3.8) is 0 Å². The van der Waals surface area contributed by atoms with Crippen molar-refractivity contribution in [1.29, 1.82) is 0 Å². The van der Waals surface area contributed by atoms with E-state index in [0.717, 1.165) is 5.92 Å². The maximum absolute atomic E-state index is 11.5. The molecule has 0 saturated heterocycles. The highest BCUT2D eigenvalue weighted by Gasteiger charge is 2.20. The number of rotatable bonds is 5. The van der Waals surface area contributed by atoms with Crippen molar-refractivity contribution in [3.8, 4) is 0 Å². The van der Waals surface area contributed by atoms with Crippen LogP contribution in [0.25, 0.3) is 10.4 Å². The number of carbonyl (C=O) groups excluding carboxylic acids is 1. The van der Waals surface area contributed by atoms with Gasteiger partial charge in [0.05, 0.1) is 0 Å². The third-order valence-corrected chi connectivity index (χ3v) is 4.40. The van der Waals surface area contributed by atoms with Gasteiger partial charge in [0.1, 0.15) is 0 Å². The SMILES string of the molecule is CCCC=CC1CCC(c2ccc(C(=O)N=[N+]=[N-])cc2)CC1. The Morgan fingerprint density at radius 2 is 1.95 bits per heavy atom. The number of unbranched alkanes of at least 4 members (excludes halogenated alkanes) is 1. The molecule has 4 nitrogen and oxygen atoms in total. The van der Waals surface area contributed by atoms with Gasteiger partial charge in [-0.2, -0.15) is 0 Å². The fourth-order valence-electron chi connectivity index (χ4n) is 3.10. The average Bonchev–Trinajstić information content (AvgIpc) is 2.56. The molecule has 116 valence electrons. The molecule has 1 saturated carbocycles. The van der Waals surface area contributed by atoms with Crippen LogP contribution in [-0.4, -0.2) is 5.91 Å². The van der Waals surface area contributed by atoms with Gasteiger partial charge in [-0.05, 0) is 60.1 Å². The molecule has 0 N–H and O–H groups in total. The second-order valence-electron chi connectivity index (χ2n) is 5.95. The first kappa shape index (κ1) is 16.3. The lowest BCUT2D eigenvalue weighted by atomic mass is 9.78. The Morgan fingerprint density at radius 1 is 1.27 bits per heavy atom. The monoisotopic (exact) mass is 297 g/mol. The van der Waals surface area contributed by atoms with Crippen LogP contribution in [0.5, 0.6) is 0 Å². The second kappa shape index (κ2) is 8.40. The van der Waals surface area contributed by atoms with Gasteiger partial charge in [0, 0.05) is 10.5 Å². The van der Waals surface area contributed by atoms with E-state index in [0.29, 0.717) is 11.5 Å². The minimum atomic E-state index is -0.515. The predicted octanol–water partition coefficient (Wildman–Crippen LogP) is 5.77. The number of amides is 1. The van der Waals surface area contributed by atoms with E-state index >= 15 is 0 Å². The minimum absolute atomic E-state index is 0.456. The van der Waals surface area contributed by atoms with E-state index in [2.05, 4.69) is 29.1 Å². The summed E-state index contributed by atoms with van der Waals surface area (Å²) in [6, 6.07) is 7.52. The number of nitrogens with zero attached hydrogens (tertiary/aromatic N) is 3. The van der Waals surface area contributed by atoms with Crippen LogP contribution in [-0.2, 0) is 0 Å². The molecule has 0 radical (unpaired) electrons. The van der Waals surface area contributed by atoms with E-state index in [-0.39, 0.29) is 0 Å². The van der Waals surface area contributed by atoms with Crippen LogP contribution in [0, 0.1) is 5.92 Å². The fourth-order valence-corrected chi connectivity index (χ4v) is 3.10. The zero-order valence-corrected chi connectivity index (χ0v) is 13.1. The van der Waals surface area contributed by atoms with Crippen molar-refractivity contribution in [2.45, 2.75) is 51.4 Å². The summed E-state index contributed by atoms with van der Waals surface area (Å²) in [7, 11) is 0. The van der Waals surface area contributed by atoms with Crippen LogP contribution < -0.4 is 0 Å². The Hall–Kier alpha value is -2.06. The average molecular weight is 297 g/mol. The molecule has 1 aromatic carbocycles. The van der Waals surface area contributed by atoms with Gasteiger partial charge >= 0.3 is 0 Å². The molecule has 0 spiro atoms. The van der Waals surface area contributed by atoms with E-state index in [4.69, 9.17) is 5.53 Å². The Labute approximate surface area is 131 Å². The van der Waals surface area contributed by atoms with Crippen LogP contribution in [0.15, 0.2) is 41.5 Å². The van der Waals surface area contributed by atoms with E-state index in [9.17, 15) is 4.79 Å². The molecule has 0 bridgehead atoms. The Kier molecular flexibility index (Phi) is 6.23. The Bertz CT molecular complexity index is 562. The largest absolute Gasteiger partial charge is 0.287 e. The summed E-state index contributed by atoms with van der Waals surface area (Å²) in [5.74, 6) is 0.798. The molecule has 2 rings (SSSR count). The van der Waals surface area contributed by atoms with Gasteiger partial charge in [-0.3, -0.25) is 4.79 Å². The van der Waals surface area contributed by atoms with Crippen LogP contribution >= 0.6 is 0 Å². The molecule has 0 heterocycles. The summed E-state index contributed by atoms with van der Waals surface area (Å²) >= 11 is 0. The lowest BCUT2D eigenvalue weighted by molar-refractivity contribution is 0.100. The molecule has 1 aliphatic rings. The van der Waals surface area contributed by atoms with Crippen molar-refractivity contribution in [2.75, 3.05) is 0 Å². The van der Waals surface area contributed by atoms with Gasteiger partial charge in [-0.15, -0.1) is 0 Å². The van der Waals surface area contributed by atoms with E-state index in [1.807, 2.05) is 12.1 Å². The summed E-state index contributed by atoms with van der Waals surface area (Å²) in [4.78, 5) is 14.0. The highest BCUT2D eigenvalue weighted by molar-refractivity contribution is 5.94. The third kappa shape index (κ3) is 4.47. The van der Waals surface area contributed by atoms with Crippen molar-refractivity contribution >= 4 is 5.91 Å². The molecule has 1 fully saturated rings. The normalized spacial score (nSPS) is 21.5. The fraction of sp³-hybridized carbons (Fsp3) is 0.500. The van der Waals surface area contributed by atoms with Crippen molar-refractivity contribution in [2.24, 2.45) is 11.0 Å². The molecule has 1 aromatic rings. The van der Waals surface area contributed by atoms with Crippen molar-refractivity contribution < 1.29 is 4.79 Å². The zero-order valence-electron chi connectivity index (χ0n) is 13.1. The van der Waals surface area contributed by atoms with E-state index in [1.165, 1.54) is 44.1 Å². The first-order valence-electron chi connectivity index (χ1n) is 8.10. The number of benzene rings is 1. The lowest BCUT2D eigenvalue weighted by Gasteiger charge is -2.27. The smallest absolute Gasteiger partial charge is 0.249 e. The highest BCUT2D eigenvalue weighted by Crippen LogP contribution is 2.36. The molecule has 1 aliphatic carbocycles. The third-order valence-electron chi connectivity index (χ3n) is 4.40. The molecule has 0 aliphatic heterocycles. The predicted molar refractivity (Wildman–Crippen MR) is 88.7 cm³/mol. The molecular weight excluding hydrogens is 274 g/mol. The first-order valence-corrected chi connectivity index (χ1v) is 8.10. The maximum atomic E-state index is 11.5. The molecule has 0 atom stereocenters. The van der Waals surface area contributed by atoms with E-state index < -0.39 is 5.91 Å². The minimum Gasteiger partial charge on any atom is -0.287 e. The molecular formula is C18H23N3O. The Morgan fingerprint density at radius 3 is 2.55 bits per heavy atom. The summed E-state index contributed by atoms with van der Waals surface area (Å²) in [5.41, 5.74) is 10.0. The number of hydrogen-bond donors (Lipinski definition) is 0. The van der Waals surface area contributed by atoms with E-state index in [1.54, 1.807) is 12.1 Å². The van der Waals surface area contributed by atoms with Crippen LogP contribution in [0.3, 0.4) is 0 Å². The maximum Gasteiger partial charge on any atom is 0.249 e.